The first kappa shape index (κ1) is 11.7. The Hall–Kier alpha value is -0.770. The van der Waals surface area contributed by atoms with Gasteiger partial charge in [0.25, 0.3) is 0 Å². The lowest BCUT2D eigenvalue weighted by Gasteiger charge is -2.40. The van der Waals surface area contributed by atoms with Gasteiger partial charge < -0.3 is 14.9 Å². The van der Waals surface area contributed by atoms with Crippen molar-refractivity contribution in [1.82, 2.24) is 4.90 Å². The molecule has 0 spiro atoms. The third kappa shape index (κ3) is 2.48. The fraction of sp³-hybridized carbons (Fsp3) is 0.500. The predicted molar refractivity (Wildman–Crippen MR) is 67.2 cm³/mol. The maximum atomic E-state index is 9.40. The highest BCUT2D eigenvalue weighted by molar-refractivity contribution is 6.30. The largest absolute Gasteiger partial charge is 0.394 e. The second kappa shape index (κ2) is 5.04. The summed E-state index contributed by atoms with van der Waals surface area (Å²) in [6.45, 7) is 3.06. The van der Waals surface area contributed by atoms with Gasteiger partial charge in [0, 0.05) is 30.3 Å². The Morgan fingerprint density at radius 3 is 2.62 bits per heavy atom. The minimum atomic E-state index is 0.180. The highest BCUT2D eigenvalue weighted by Crippen LogP contribution is 2.22. The maximum Gasteiger partial charge on any atom is 0.0648 e. The molecule has 16 heavy (non-hydrogen) atoms. The van der Waals surface area contributed by atoms with Gasteiger partial charge in [0.1, 0.15) is 0 Å². The molecule has 0 bridgehead atoms. The number of likely N-dealkylation sites (N-methyl/N-ethyl adjacent to an activating group) is 1. The quantitative estimate of drug-likeness (QED) is 0.848. The zero-order chi connectivity index (χ0) is 11.5. The average molecular weight is 241 g/mol. The molecule has 2 rings (SSSR count). The van der Waals surface area contributed by atoms with E-state index >= 15 is 0 Å². The molecule has 0 aromatic heterocycles. The van der Waals surface area contributed by atoms with Gasteiger partial charge in [-0.25, -0.2) is 0 Å². The first-order valence-corrected chi connectivity index (χ1v) is 5.90. The standard InChI is InChI=1S/C12H17ClN2O/c1-14-6-7-15(12(8-14)9-16)11-4-2-10(13)3-5-11/h2-5,12,16H,6-9H2,1H3. The van der Waals surface area contributed by atoms with Crippen molar-refractivity contribution in [3.8, 4) is 0 Å². The fourth-order valence-electron chi connectivity index (χ4n) is 2.14. The number of aliphatic hydroxyl groups is 1. The van der Waals surface area contributed by atoms with E-state index in [2.05, 4.69) is 16.8 Å². The number of piperazine rings is 1. The summed E-state index contributed by atoms with van der Waals surface area (Å²) in [5.41, 5.74) is 1.14. The van der Waals surface area contributed by atoms with Crippen LogP contribution >= 0.6 is 11.6 Å². The summed E-state index contributed by atoms with van der Waals surface area (Å²) in [6, 6.07) is 7.99. The zero-order valence-electron chi connectivity index (χ0n) is 9.43. The van der Waals surface area contributed by atoms with Crippen LogP contribution in [0.1, 0.15) is 0 Å². The van der Waals surface area contributed by atoms with Crippen LogP contribution in [0.3, 0.4) is 0 Å². The predicted octanol–water partition coefficient (Wildman–Crippen LogP) is 1.45. The summed E-state index contributed by atoms with van der Waals surface area (Å²) in [4.78, 5) is 4.49. The summed E-state index contributed by atoms with van der Waals surface area (Å²) < 4.78 is 0. The van der Waals surface area contributed by atoms with Gasteiger partial charge in [-0.15, -0.1) is 0 Å². The highest BCUT2D eigenvalue weighted by atomic mass is 35.5. The fourth-order valence-corrected chi connectivity index (χ4v) is 2.27. The van der Waals surface area contributed by atoms with Gasteiger partial charge in [-0.3, -0.25) is 0 Å². The molecule has 0 saturated carbocycles. The molecule has 1 aromatic rings. The molecule has 0 aliphatic carbocycles. The van der Waals surface area contributed by atoms with Gasteiger partial charge in [0.15, 0.2) is 0 Å². The van der Waals surface area contributed by atoms with Crippen LogP contribution in [0.2, 0.25) is 5.02 Å². The Balaban J connectivity index is 2.15. The summed E-state index contributed by atoms with van der Waals surface area (Å²) in [6.07, 6.45) is 0. The first-order chi connectivity index (χ1) is 7.70. The normalized spacial score (nSPS) is 22.4. The zero-order valence-corrected chi connectivity index (χ0v) is 10.2. The molecule has 1 aliphatic rings. The molecule has 0 amide bonds. The Morgan fingerprint density at radius 1 is 1.31 bits per heavy atom. The molecule has 1 aliphatic heterocycles. The molecule has 1 aromatic carbocycles. The lowest BCUT2D eigenvalue weighted by Crippen LogP contribution is -2.53. The number of anilines is 1. The number of aliphatic hydroxyl groups excluding tert-OH is 1. The van der Waals surface area contributed by atoms with Gasteiger partial charge in [-0.05, 0) is 31.3 Å². The molecule has 1 unspecified atom stereocenters. The molecule has 1 heterocycles. The van der Waals surface area contributed by atoms with Crippen molar-refractivity contribution in [2.45, 2.75) is 6.04 Å². The van der Waals surface area contributed by atoms with E-state index in [1.807, 2.05) is 24.3 Å². The molecule has 3 nitrogen and oxygen atoms in total. The average Bonchev–Trinajstić information content (AvgIpc) is 2.30. The number of rotatable bonds is 2. The Morgan fingerprint density at radius 2 is 2.00 bits per heavy atom. The molecule has 1 atom stereocenters. The maximum absolute atomic E-state index is 9.40. The molecule has 1 N–H and O–H groups in total. The minimum Gasteiger partial charge on any atom is -0.394 e. The lowest BCUT2D eigenvalue weighted by molar-refractivity contribution is 0.191. The van der Waals surface area contributed by atoms with E-state index in [-0.39, 0.29) is 12.6 Å². The van der Waals surface area contributed by atoms with Gasteiger partial charge in [-0.2, -0.15) is 0 Å². The summed E-state index contributed by atoms with van der Waals surface area (Å²) in [5, 5.41) is 10.1. The van der Waals surface area contributed by atoms with Crippen molar-refractivity contribution in [3.63, 3.8) is 0 Å². The minimum absolute atomic E-state index is 0.180. The van der Waals surface area contributed by atoms with Crippen LogP contribution in [0.15, 0.2) is 24.3 Å². The first-order valence-electron chi connectivity index (χ1n) is 5.52. The topological polar surface area (TPSA) is 26.7 Å². The molecule has 1 fully saturated rings. The number of hydrogen-bond acceptors (Lipinski definition) is 3. The van der Waals surface area contributed by atoms with Crippen LogP contribution in [0.25, 0.3) is 0 Å². The Kier molecular flexibility index (Phi) is 3.69. The second-order valence-electron chi connectivity index (χ2n) is 4.27. The van der Waals surface area contributed by atoms with Gasteiger partial charge in [0.05, 0.1) is 12.6 Å². The number of nitrogens with zero attached hydrogens (tertiary/aromatic N) is 2. The van der Waals surface area contributed by atoms with Crippen molar-refractivity contribution in [1.29, 1.82) is 0 Å². The summed E-state index contributed by atoms with van der Waals surface area (Å²) >= 11 is 5.87. The van der Waals surface area contributed by atoms with E-state index in [1.54, 1.807) is 0 Å². The van der Waals surface area contributed by atoms with Crippen molar-refractivity contribution >= 4 is 17.3 Å². The Bertz CT molecular complexity index is 341. The third-order valence-corrected chi connectivity index (χ3v) is 3.31. The van der Waals surface area contributed by atoms with Crippen LogP contribution in [-0.4, -0.2) is 49.3 Å². The second-order valence-corrected chi connectivity index (χ2v) is 4.70. The van der Waals surface area contributed by atoms with Gasteiger partial charge >= 0.3 is 0 Å². The third-order valence-electron chi connectivity index (χ3n) is 3.05. The number of halogens is 1. The van der Waals surface area contributed by atoms with Crippen LogP contribution in [0, 0.1) is 0 Å². The van der Waals surface area contributed by atoms with E-state index < -0.39 is 0 Å². The van der Waals surface area contributed by atoms with Crippen LogP contribution in [-0.2, 0) is 0 Å². The smallest absolute Gasteiger partial charge is 0.0648 e. The van der Waals surface area contributed by atoms with Crippen molar-refractivity contribution in [3.05, 3.63) is 29.3 Å². The van der Waals surface area contributed by atoms with Gasteiger partial charge in [0.2, 0.25) is 0 Å². The molecule has 0 radical (unpaired) electrons. The molecular weight excluding hydrogens is 224 g/mol. The van der Waals surface area contributed by atoms with Crippen LogP contribution in [0.5, 0.6) is 0 Å². The number of benzene rings is 1. The van der Waals surface area contributed by atoms with Gasteiger partial charge in [-0.1, -0.05) is 11.6 Å². The van der Waals surface area contributed by atoms with Crippen LogP contribution in [0.4, 0.5) is 5.69 Å². The van der Waals surface area contributed by atoms with E-state index in [0.717, 1.165) is 30.3 Å². The van der Waals surface area contributed by atoms with Crippen molar-refractivity contribution in [2.75, 3.05) is 38.2 Å². The molecule has 4 heteroatoms. The van der Waals surface area contributed by atoms with Crippen LogP contribution < -0.4 is 4.90 Å². The Labute approximate surface area is 101 Å². The van der Waals surface area contributed by atoms with E-state index in [0.29, 0.717) is 0 Å². The summed E-state index contributed by atoms with van der Waals surface area (Å²) in [5.74, 6) is 0. The van der Waals surface area contributed by atoms with E-state index in [9.17, 15) is 5.11 Å². The molecule has 88 valence electrons. The monoisotopic (exact) mass is 240 g/mol. The highest BCUT2D eigenvalue weighted by Gasteiger charge is 2.24. The number of hydrogen-bond donors (Lipinski definition) is 1. The molecular formula is C12H17ClN2O. The lowest BCUT2D eigenvalue weighted by atomic mass is 10.1. The SMILES string of the molecule is CN1CCN(c2ccc(Cl)cc2)C(CO)C1. The van der Waals surface area contributed by atoms with E-state index in [4.69, 9.17) is 11.6 Å². The molecule has 1 saturated heterocycles. The summed E-state index contributed by atoms with van der Waals surface area (Å²) in [7, 11) is 2.09. The van der Waals surface area contributed by atoms with E-state index in [1.165, 1.54) is 0 Å². The van der Waals surface area contributed by atoms with Crippen molar-refractivity contribution < 1.29 is 5.11 Å². The van der Waals surface area contributed by atoms with Crippen molar-refractivity contribution in [2.24, 2.45) is 0 Å².